The summed E-state index contributed by atoms with van der Waals surface area (Å²) in [6.45, 7) is 7.00. The lowest BCUT2D eigenvalue weighted by molar-refractivity contribution is -0.126. The topological polar surface area (TPSA) is 56.1 Å². The van der Waals surface area contributed by atoms with Gasteiger partial charge in [0.25, 0.3) is 0 Å². The van der Waals surface area contributed by atoms with Crippen LogP contribution in [-0.2, 0) is 16.6 Å². The summed E-state index contributed by atoms with van der Waals surface area (Å²) in [5.74, 6) is 0.317. The Balaban J connectivity index is 2.04. The van der Waals surface area contributed by atoms with E-state index in [2.05, 4.69) is 24.3 Å². The molecule has 1 amide bonds. The summed E-state index contributed by atoms with van der Waals surface area (Å²) >= 11 is 0. The van der Waals surface area contributed by atoms with Crippen molar-refractivity contribution >= 4 is 5.91 Å². The third kappa shape index (κ3) is 3.69. The second kappa shape index (κ2) is 7.77. The molecular weight excluding hydrogens is 278 g/mol. The molecule has 1 saturated heterocycles. The second-order valence-electron chi connectivity index (χ2n) is 6.28. The van der Waals surface area contributed by atoms with Crippen molar-refractivity contribution in [1.29, 1.82) is 0 Å². The van der Waals surface area contributed by atoms with Gasteiger partial charge in [-0.1, -0.05) is 26.7 Å². The van der Waals surface area contributed by atoms with E-state index in [1.54, 1.807) is 0 Å². The molecule has 0 radical (unpaired) electrons. The first-order chi connectivity index (χ1) is 10.6. The molecule has 1 aromatic rings. The van der Waals surface area contributed by atoms with Gasteiger partial charge in [-0.15, -0.1) is 0 Å². The fourth-order valence-electron chi connectivity index (χ4n) is 3.24. The zero-order valence-corrected chi connectivity index (χ0v) is 14.3. The predicted octanol–water partition coefficient (Wildman–Crippen LogP) is 2.89. The van der Waals surface area contributed by atoms with Gasteiger partial charge in [-0.3, -0.25) is 9.48 Å². The van der Waals surface area contributed by atoms with Gasteiger partial charge in [0, 0.05) is 30.8 Å². The van der Waals surface area contributed by atoms with E-state index in [4.69, 9.17) is 4.74 Å². The van der Waals surface area contributed by atoms with Crippen molar-refractivity contribution in [3.05, 3.63) is 17.5 Å². The van der Waals surface area contributed by atoms with Crippen LogP contribution in [0.15, 0.2) is 6.20 Å². The fraction of sp³-hybridized carbons (Fsp3) is 0.765. The standard InChI is InChI=1S/C17H29N3O2/c1-5-7-13(8-6-2)17(21)19-15-9-10-22-16(15)14-11-18-20(4)12(14)3/h11,13,15-16H,5-10H2,1-4H3,(H,19,21)/t15-,16+/m0/s1. The van der Waals surface area contributed by atoms with Crippen molar-refractivity contribution in [3.63, 3.8) is 0 Å². The molecule has 2 rings (SSSR count). The lowest BCUT2D eigenvalue weighted by Crippen LogP contribution is -2.40. The summed E-state index contributed by atoms with van der Waals surface area (Å²) in [6, 6.07) is 0.0617. The normalized spacial score (nSPS) is 21.5. The van der Waals surface area contributed by atoms with Gasteiger partial charge < -0.3 is 10.1 Å². The number of hydrogen-bond acceptors (Lipinski definition) is 3. The maximum atomic E-state index is 12.6. The average molecular weight is 307 g/mol. The summed E-state index contributed by atoms with van der Waals surface area (Å²) in [6.07, 6.45) is 6.68. The molecule has 22 heavy (non-hydrogen) atoms. The molecule has 0 aliphatic carbocycles. The van der Waals surface area contributed by atoms with Crippen LogP contribution in [0.3, 0.4) is 0 Å². The Bertz CT molecular complexity index is 492. The highest BCUT2D eigenvalue weighted by atomic mass is 16.5. The minimum Gasteiger partial charge on any atom is -0.371 e. The Morgan fingerprint density at radius 3 is 2.68 bits per heavy atom. The number of amides is 1. The zero-order valence-electron chi connectivity index (χ0n) is 14.3. The van der Waals surface area contributed by atoms with Crippen LogP contribution in [0.25, 0.3) is 0 Å². The zero-order chi connectivity index (χ0) is 16.1. The van der Waals surface area contributed by atoms with E-state index in [-0.39, 0.29) is 24.0 Å². The van der Waals surface area contributed by atoms with Gasteiger partial charge in [0.2, 0.25) is 5.91 Å². The Hall–Kier alpha value is -1.36. The first kappa shape index (κ1) is 17.0. The lowest BCUT2D eigenvalue weighted by Gasteiger charge is -2.23. The monoisotopic (exact) mass is 307 g/mol. The van der Waals surface area contributed by atoms with Gasteiger partial charge in [0.1, 0.15) is 6.10 Å². The summed E-state index contributed by atoms with van der Waals surface area (Å²) in [5, 5.41) is 7.52. The molecule has 1 N–H and O–H groups in total. The number of nitrogens with zero attached hydrogens (tertiary/aromatic N) is 2. The maximum absolute atomic E-state index is 12.6. The van der Waals surface area contributed by atoms with Crippen molar-refractivity contribution in [2.45, 2.75) is 65.0 Å². The van der Waals surface area contributed by atoms with Gasteiger partial charge in [-0.25, -0.2) is 0 Å². The number of hydrogen-bond donors (Lipinski definition) is 1. The van der Waals surface area contributed by atoms with E-state index in [0.717, 1.165) is 43.4 Å². The van der Waals surface area contributed by atoms with E-state index in [0.29, 0.717) is 6.61 Å². The van der Waals surface area contributed by atoms with Gasteiger partial charge in [-0.05, 0) is 26.2 Å². The van der Waals surface area contributed by atoms with Crippen molar-refractivity contribution < 1.29 is 9.53 Å². The van der Waals surface area contributed by atoms with Crippen LogP contribution in [0.2, 0.25) is 0 Å². The van der Waals surface area contributed by atoms with Crippen LogP contribution < -0.4 is 5.32 Å². The molecule has 0 saturated carbocycles. The number of aromatic nitrogens is 2. The number of carbonyl (C=O) groups is 1. The van der Waals surface area contributed by atoms with Crippen LogP contribution in [0.5, 0.6) is 0 Å². The predicted molar refractivity (Wildman–Crippen MR) is 86.5 cm³/mol. The van der Waals surface area contributed by atoms with Gasteiger partial charge in [-0.2, -0.15) is 5.10 Å². The second-order valence-corrected chi connectivity index (χ2v) is 6.28. The minimum absolute atomic E-state index is 0.0617. The molecule has 1 aliphatic rings. The largest absolute Gasteiger partial charge is 0.371 e. The molecule has 1 aromatic heterocycles. The molecule has 0 aromatic carbocycles. The molecular formula is C17H29N3O2. The van der Waals surface area contributed by atoms with Crippen molar-refractivity contribution in [2.24, 2.45) is 13.0 Å². The molecule has 5 heteroatoms. The van der Waals surface area contributed by atoms with Crippen LogP contribution in [0.4, 0.5) is 0 Å². The Labute approximate surface area is 133 Å². The molecule has 2 atom stereocenters. The van der Waals surface area contributed by atoms with Crippen molar-refractivity contribution in [1.82, 2.24) is 15.1 Å². The van der Waals surface area contributed by atoms with Gasteiger partial charge in [0.15, 0.2) is 0 Å². The summed E-state index contributed by atoms with van der Waals surface area (Å²) in [7, 11) is 1.93. The number of carbonyl (C=O) groups excluding carboxylic acids is 1. The Kier molecular flexibility index (Phi) is 6.00. The number of rotatable bonds is 7. The Morgan fingerprint density at radius 2 is 2.14 bits per heavy atom. The SMILES string of the molecule is CCCC(CCC)C(=O)N[C@H]1CCO[C@@H]1c1cnn(C)c1C. The molecule has 0 spiro atoms. The number of nitrogens with one attached hydrogen (secondary N) is 1. The summed E-state index contributed by atoms with van der Waals surface area (Å²) in [4.78, 5) is 12.6. The molecule has 0 unspecified atom stereocenters. The molecule has 1 fully saturated rings. The Morgan fingerprint density at radius 1 is 1.45 bits per heavy atom. The third-order valence-corrected chi connectivity index (χ3v) is 4.64. The van der Waals surface area contributed by atoms with E-state index in [9.17, 15) is 4.79 Å². The van der Waals surface area contributed by atoms with Crippen LogP contribution in [-0.4, -0.2) is 28.3 Å². The number of aryl methyl sites for hydroxylation is 1. The van der Waals surface area contributed by atoms with Gasteiger partial charge in [0.05, 0.1) is 12.2 Å². The van der Waals surface area contributed by atoms with E-state index < -0.39 is 0 Å². The number of ether oxygens (including phenoxy) is 1. The summed E-state index contributed by atoms with van der Waals surface area (Å²) in [5.41, 5.74) is 2.19. The van der Waals surface area contributed by atoms with E-state index in [1.165, 1.54) is 0 Å². The molecule has 1 aliphatic heterocycles. The van der Waals surface area contributed by atoms with E-state index in [1.807, 2.05) is 24.9 Å². The molecule has 124 valence electrons. The third-order valence-electron chi connectivity index (χ3n) is 4.64. The fourth-order valence-corrected chi connectivity index (χ4v) is 3.24. The van der Waals surface area contributed by atoms with Crippen LogP contribution >= 0.6 is 0 Å². The minimum atomic E-state index is -0.0680. The van der Waals surface area contributed by atoms with Crippen LogP contribution in [0, 0.1) is 12.8 Å². The summed E-state index contributed by atoms with van der Waals surface area (Å²) < 4.78 is 7.73. The molecule has 0 bridgehead atoms. The van der Waals surface area contributed by atoms with Crippen molar-refractivity contribution in [3.8, 4) is 0 Å². The molecule has 2 heterocycles. The first-order valence-corrected chi connectivity index (χ1v) is 8.48. The highest BCUT2D eigenvalue weighted by molar-refractivity contribution is 5.79. The van der Waals surface area contributed by atoms with E-state index >= 15 is 0 Å². The van der Waals surface area contributed by atoms with Crippen molar-refractivity contribution in [2.75, 3.05) is 6.61 Å². The highest BCUT2D eigenvalue weighted by Crippen LogP contribution is 2.31. The quantitative estimate of drug-likeness (QED) is 0.842. The van der Waals surface area contributed by atoms with Gasteiger partial charge >= 0.3 is 0 Å². The lowest BCUT2D eigenvalue weighted by atomic mass is 9.95. The smallest absolute Gasteiger partial charge is 0.223 e. The average Bonchev–Trinajstić information content (AvgIpc) is 3.06. The first-order valence-electron chi connectivity index (χ1n) is 8.48. The highest BCUT2D eigenvalue weighted by Gasteiger charge is 2.34. The maximum Gasteiger partial charge on any atom is 0.223 e. The molecule has 5 nitrogen and oxygen atoms in total. The van der Waals surface area contributed by atoms with Crippen LogP contribution in [0.1, 0.15) is 63.3 Å².